The van der Waals surface area contributed by atoms with Gasteiger partial charge in [0.1, 0.15) is 0 Å². The van der Waals surface area contributed by atoms with E-state index in [2.05, 4.69) is 10.5 Å². The molecule has 1 amide bonds. The zero-order chi connectivity index (χ0) is 21.4. The van der Waals surface area contributed by atoms with Crippen LogP contribution in [-0.4, -0.2) is 65.0 Å². The predicted molar refractivity (Wildman–Crippen MR) is 110 cm³/mol. The Balaban J connectivity index is 2.08. The van der Waals surface area contributed by atoms with Crippen molar-refractivity contribution in [2.45, 2.75) is 38.1 Å². The van der Waals surface area contributed by atoms with Gasteiger partial charge in [-0.15, -0.1) is 0 Å². The largest absolute Gasteiger partial charge is 0.493 e. The predicted octanol–water partition coefficient (Wildman–Crippen LogP) is 1.76. The summed E-state index contributed by atoms with van der Waals surface area (Å²) in [6.07, 6.45) is 7.11. The van der Waals surface area contributed by atoms with E-state index >= 15 is 0 Å². The molecule has 0 bridgehead atoms. The standard InChI is InChI=1S/C19H29N3O6S/c1-26-16-11-10-14(18(27-2)19(16)28-3)12-20-21-17(23)13-22(29(4,24)25)15-8-6-5-7-9-15/h10-12,15H,5-9,13H2,1-4H3,(H,21,23)/b20-12+. The van der Waals surface area contributed by atoms with Gasteiger partial charge in [0.25, 0.3) is 5.91 Å². The van der Waals surface area contributed by atoms with E-state index in [0.29, 0.717) is 22.8 Å². The van der Waals surface area contributed by atoms with Gasteiger partial charge in [-0.2, -0.15) is 9.41 Å². The van der Waals surface area contributed by atoms with Crippen molar-refractivity contribution in [1.29, 1.82) is 0 Å². The summed E-state index contributed by atoms with van der Waals surface area (Å²) in [7, 11) is 1.01. The minimum absolute atomic E-state index is 0.139. The number of carbonyl (C=O) groups is 1. The first-order valence-corrected chi connectivity index (χ1v) is 11.2. The van der Waals surface area contributed by atoms with E-state index in [1.54, 1.807) is 12.1 Å². The van der Waals surface area contributed by atoms with Gasteiger partial charge in [0, 0.05) is 11.6 Å². The van der Waals surface area contributed by atoms with Crippen molar-refractivity contribution in [3.8, 4) is 17.2 Å². The van der Waals surface area contributed by atoms with Crippen molar-refractivity contribution in [3.05, 3.63) is 17.7 Å². The molecule has 29 heavy (non-hydrogen) atoms. The molecular formula is C19H29N3O6S. The zero-order valence-corrected chi connectivity index (χ0v) is 18.1. The molecular weight excluding hydrogens is 398 g/mol. The second-order valence-corrected chi connectivity index (χ2v) is 8.75. The number of ether oxygens (including phenoxy) is 3. The van der Waals surface area contributed by atoms with Crippen molar-refractivity contribution in [1.82, 2.24) is 9.73 Å². The van der Waals surface area contributed by atoms with E-state index in [1.165, 1.54) is 31.8 Å². The first kappa shape index (κ1) is 23.0. The van der Waals surface area contributed by atoms with Gasteiger partial charge in [-0.25, -0.2) is 13.8 Å². The summed E-state index contributed by atoms with van der Waals surface area (Å²) in [6, 6.07) is 3.26. The number of hydrogen-bond acceptors (Lipinski definition) is 7. The molecule has 162 valence electrons. The lowest BCUT2D eigenvalue weighted by molar-refractivity contribution is -0.121. The molecule has 0 atom stereocenters. The lowest BCUT2D eigenvalue weighted by Gasteiger charge is -2.31. The number of carbonyl (C=O) groups excluding carboxylic acids is 1. The molecule has 9 nitrogen and oxygen atoms in total. The Kier molecular flexibility index (Phi) is 8.27. The summed E-state index contributed by atoms with van der Waals surface area (Å²) in [6.45, 7) is -0.260. The van der Waals surface area contributed by atoms with E-state index in [4.69, 9.17) is 14.2 Å². The number of sulfonamides is 1. The van der Waals surface area contributed by atoms with Crippen LogP contribution in [0.2, 0.25) is 0 Å². The van der Waals surface area contributed by atoms with Gasteiger partial charge in [-0.1, -0.05) is 19.3 Å². The van der Waals surface area contributed by atoms with Crippen molar-refractivity contribution in [3.63, 3.8) is 0 Å². The van der Waals surface area contributed by atoms with Crippen LogP contribution in [0.25, 0.3) is 0 Å². The quantitative estimate of drug-likeness (QED) is 0.475. The highest BCUT2D eigenvalue weighted by Gasteiger charge is 2.29. The first-order chi connectivity index (χ1) is 13.8. The van der Waals surface area contributed by atoms with Gasteiger partial charge in [-0.3, -0.25) is 4.79 Å². The Labute approximate surface area is 172 Å². The molecule has 0 aromatic heterocycles. The molecule has 1 saturated carbocycles. The number of nitrogens with one attached hydrogen (secondary N) is 1. The van der Waals surface area contributed by atoms with E-state index < -0.39 is 15.9 Å². The number of methoxy groups -OCH3 is 3. The minimum atomic E-state index is -3.49. The first-order valence-electron chi connectivity index (χ1n) is 9.39. The molecule has 1 aliphatic rings. The summed E-state index contributed by atoms with van der Waals surface area (Å²) in [5, 5.41) is 3.94. The van der Waals surface area contributed by atoms with Gasteiger partial charge < -0.3 is 14.2 Å². The topological polar surface area (TPSA) is 107 Å². The average Bonchev–Trinajstić information content (AvgIpc) is 2.71. The van der Waals surface area contributed by atoms with E-state index in [9.17, 15) is 13.2 Å². The van der Waals surface area contributed by atoms with Crippen LogP contribution in [0.4, 0.5) is 0 Å². The lowest BCUT2D eigenvalue weighted by atomic mass is 9.95. The van der Waals surface area contributed by atoms with E-state index in [-0.39, 0.29) is 12.6 Å². The molecule has 0 heterocycles. The second kappa shape index (κ2) is 10.4. The number of benzene rings is 1. The third-order valence-electron chi connectivity index (χ3n) is 4.83. The van der Waals surface area contributed by atoms with Crippen molar-refractivity contribution >= 4 is 22.1 Å². The molecule has 1 aromatic rings. The maximum Gasteiger partial charge on any atom is 0.255 e. The van der Waals surface area contributed by atoms with Gasteiger partial charge in [0.15, 0.2) is 11.5 Å². The molecule has 0 saturated heterocycles. The number of amides is 1. The van der Waals surface area contributed by atoms with Gasteiger partial charge in [0.05, 0.1) is 40.3 Å². The second-order valence-electron chi connectivity index (χ2n) is 6.82. The van der Waals surface area contributed by atoms with Crippen LogP contribution < -0.4 is 19.6 Å². The molecule has 0 aliphatic heterocycles. The minimum Gasteiger partial charge on any atom is -0.493 e. The molecule has 1 fully saturated rings. The Bertz CT molecular complexity index is 835. The Morgan fingerprint density at radius 1 is 1.14 bits per heavy atom. The summed E-state index contributed by atoms with van der Waals surface area (Å²) >= 11 is 0. The molecule has 0 unspecified atom stereocenters. The number of hydrazone groups is 1. The van der Waals surface area contributed by atoms with Crippen molar-refractivity contribution < 1.29 is 27.4 Å². The average molecular weight is 428 g/mol. The van der Waals surface area contributed by atoms with Crippen LogP contribution in [-0.2, 0) is 14.8 Å². The van der Waals surface area contributed by atoms with Crippen LogP contribution >= 0.6 is 0 Å². The van der Waals surface area contributed by atoms with E-state index in [1.807, 2.05) is 0 Å². The molecule has 1 aromatic carbocycles. The fraction of sp³-hybridized carbons (Fsp3) is 0.579. The highest BCUT2D eigenvalue weighted by atomic mass is 32.2. The van der Waals surface area contributed by atoms with Gasteiger partial charge >= 0.3 is 0 Å². The lowest BCUT2D eigenvalue weighted by Crippen LogP contribution is -2.45. The maximum atomic E-state index is 12.3. The monoisotopic (exact) mass is 427 g/mol. The number of rotatable bonds is 9. The van der Waals surface area contributed by atoms with Crippen LogP contribution in [0.5, 0.6) is 17.2 Å². The van der Waals surface area contributed by atoms with Crippen LogP contribution in [0, 0.1) is 0 Å². The normalized spacial score (nSPS) is 15.5. The number of nitrogens with zero attached hydrogens (tertiary/aromatic N) is 2. The molecule has 0 spiro atoms. The van der Waals surface area contributed by atoms with Gasteiger partial charge in [-0.05, 0) is 25.0 Å². The van der Waals surface area contributed by atoms with Crippen LogP contribution in [0.1, 0.15) is 37.7 Å². The van der Waals surface area contributed by atoms with E-state index in [0.717, 1.165) is 38.4 Å². The third kappa shape index (κ3) is 6.07. The molecule has 0 radical (unpaired) electrons. The molecule has 10 heteroatoms. The highest BCUT2D eigenvalue weighted by molar-refractivity contribution is 7.88. The Morgan fingerprint density at radius 3 is 2.34 bits per heavy atom. The zero-order valence-electron chi connectivity index (χ0n) is 17.3. The maximum absolute atomic E-state index is 12.3. The van der Waals surface area contributed by atoms with Crippen molar-refractivity contribution in [2.75, 3.05) is 34.1 Å². The molecule has 2 rings (SSSR count). The van der Waals surface area contributed by atoms with Crippen LogP contribution in [0.15, 0.2) is 17.2 Å². The highest BCUT2D eigenvalue weighted by Crippen LogP contribution is 2.38. The summed E-state index contributed by atoms with van der Waals surface area (Å²) in [4.78, 5) is 12.3. The fourth-order valence-electron chi connectivity index (χ4n) is 3.46. The summed E-state index contributed by atoms with van der Waals surface area (Å²) in [5.41, 5.74) is 2.95. The smallest absolute Gasteiger partial charge is 0.255 e. The van der Waals surface area contributed by atoms with Crippen molar-refractivity contribution in [2.24, 2.45) is 5.10 Å². The Hall–Kier alpha value is -2.33. The SMILES string of the molecule is COc1ccc(/C=N/NC(=O)CN(C2CCCCC2)S(C)(=O)=O)c(OC)c1OC. The third-order valence-corrected chi connectivity index (χ3v) is 6.11. The van der Waals surface area contributed by atoms with Crippen LogP contribution in [0.3, 0.4) is 0 Å². The molecule has 1 N–H and O–H groups in total. The fourth-order valence-corrected chi connectivity index (χ4v) is 4.57. The summed E-state index contributed by atoms with van der Waals surface area (Å²) < 4.78 is 41.5. The molecule has 1 aliphatic carbocycles. The summed E-state index contributed by atoms with van der Waals surface area (Å²) in [5.74, 6) is 0.814. The Morgan fingerprint density at radius 2 is 1.79 bits per heavy atom. The number of hydrogen-bond donors (Lipinski definition) is 1. The van der Waals surface area contributed by atoms with Gasteiger partial charge in [0.2, 0.25) is 15.8 Å².